The maximum atomic E-state index is 10.2. The summed E-state index contributed by atoms with van der Waals surface area (Å²) in [5.41, 5.74) is 0.985. The van der Waals surface area contributed by atoms with Gasteiger partial charge in [0.05, 0.1) is 24.3 Å². The van der Waals surface area contributed by atoms with Gasteiger partial charge < -0.3 is 20.6 Å². The molecule has 1 aliphatic heterocycles. The second-order valence-corrected chi connectivity index (χ2v) is 6.34. The maximum absolute atomic E-state index is 10.2. The summed E-state index contributed by atoms with van der Waals surface area (Å²) < 4.78 is 1.64. The van der Waals surface area contributed by atoms with Crippen molar-refractivity contribution in [3.63, 3.8) is 0 Å². The Balaban J connectivity index is 2.07. The van der Waals surface area contributed by atoms with Gasteiger partial charge in [0.1, 0.15) is 11.5 Å². The third kappa shape index (κ3) is 2.34. The Kier molecular flexibility index (Phi) is 3.93. The zero-order chi connectivity index (χ0) is 15.1. The van der Waals surface area contributed by atoms with Crippen LogP contribution in [0.5, 0.6) is 0 Å². The zero-order valence-electron chi connectivity index (χ0n) is 11.0. The van der Waals surface area contributed by atoms with Gasteiger partial charge in [-0.25, -0.2) is 4.98 Å². The Labute approximate surface area is 129 Å². The van der Waals surface area contributed by atoms with Crippen LogP contribution in [0.2, 0.25) is 5.28 Å². The molecule has 0 spiro atoms. The van der Waals surface area contributed by atoms with Gasteiger partial charge in [0.15, 0.2) is 17.0 Å². The van der Waals surface area contributed by atoms with Gasteiger partial charge in [-0.1, -0.05) is 0 Å². The lowest BCUT2D eigenvalue weighted by atomic mass is 10.1. The van der Waals surface area contributed by atoms with Crippen molar-refractivity contribution in [3.05, 3.63) is 11.6 Å². The standard InChI is InChI=1S/C11H14ClN5O3S/c1-13-8-5-9(16-11(12)15-8)17(3-14-5)10-7(20)6(19)4(2-18)21-10/h3-4,6-7,10,18-20H,2H2,1H3,(H,13,15,16). The number of aliphatic hydroxyl groups excluding tert-OH is 3. The van der Waals surface area contributed by atoms with Crippen LogP contribution in [-0.2, 0) is 0 Å². The molecule has 4 N–H and O–H groups in total. The van der Waals surface area contributed by atoms with Crippen LogP contribution in [-0.4, -0.2) is 66.0 Å². The number of thioether (sulfide) groups is 1. The molecule has 3 heterocycles. The minimum Gasteiger partial charge on any atom is -0.395 e. The van der Waals surface area contributed by atoms with E-state index in [0.717, 1.165) is 0 Å². The molecule has 21 heavy (non-hydrogen) atoms. The first-order chi connectivity index (χ1) is 10.1. The van der Waals surface area contributed by atoms with Crippen molar-refractivity contribution >= 4 is 40.3 Å². The molecule has 0 amide bonds. The number of anilines is 1. The fourth-order valence-electron chi connectivity index (χ4n) is 2.36. The van der Waals surface area contributed by atoms with Gasteiger partial charge in [-0.3, -0.25) is 4.57 Å². The number of hydrogen-bond acceptors (Lipinski definition) is 8. The van der Waals surface area contributed by atoms with Crippen LogP contribution in [0.1, 0.15) is 5.37 Å². The second kappa shape index (κ2) is 5.58. The quantitative estimate of drug-likeness (QED) is 0.574. The summed E-state index contributed by atoms with van der Waals surface area (Å²) in [5, 5.41) is 31.3. The number of nitrogens with zero attached hydrogens (tertiary/aromatic N) is 4. The topological polar surface area (TPSA) is 116 Å². The smallest absolute Gasteiger partial charge is 0.226 e. The van der Waals surface area contributed by atoms with Crippen molar-refractivity contribution in [1.29, 1.82) is 0 Å². The largest absolute Gasteiger partial charge is 0.395 e. The summed E-state index contributed by atoms with van der Waals surface area (Å²) in [6.07, 6.45) is -0.524. The fraction of sp³-hybridized carbons (Fsp3) is 0.545. The van der Waals surface area contributed by atoms with Crippen LogP contribution in [0.4, 0.5) is 5.82 Å². The van der Waals surface area contributed by atoms with E-state index in [1.54, 1.807) is 11.6 Å². The second-order valence-electron chi connectivity index (χ2n) is 4.64. The van der Waals surface area contributed by atoms with Crippen LogP contribution in [0.25, 0.3) is 11.2 Å². The molecule has 1 fully saturated rings. The lowest BCUT2D eigenvalue weighted by molar-refractivity contribution is 0.0113. The highest BCUT2D eigenvalue weighted by molar-refractivity contribution is 8.00. The Bertz CT molecular complexity index is 669. The first kappa shape index (κ1) is 14.8. The van der Waals surface area contributed by atoms with E-state index in [2.05, 4.69) is 20.3 Å². The van der Waals surface area contributed by atoms with E-state index in [0.29, 0.717) is 17.0 Å². The Morgan fingerprint density at radius 1 is 1.38 bits per heavy atom. The Hall–Kier alpha value is -1.13. The Morgan fingerprint density at radius 2 is 2.14 bits per heavy atom. The fourth-order valence-corrected chi connectivity index (χ4v) is 3.90. The van der Waals surface area contributed by atoms with E-state index < -0.39 is 22.8 Å². The SMILES string of the molecule is CNc1nc(Cl)nc2c1ncn2C1SC(CO)C(O)C1O. The number of rotatable bonds is 3. The van der Waals surface area contributed by atoms with Crippen LogP contribution in [0.3, 0.4) is 0 Å². The highest BCUT2D eigenvalue weighted by Crippen LogP contribution is 2.43. The van der Waals surface area contributed by atoms with Crippen molar-refractivity contribution in [1.82, 2.24) is 19.5 Å². The van der Waals surface area contributed by atoms with Crippen LogP contribution >= 0.6 is 23.4 Å². The average Bonchev–Trinajstić information content (AvgIpc) is 3.01. The van der Waals surface area contributed by atoms with Gasteiger partial charge in [-0.05, 0) is 11.6 Å². The summed E-state index contributed by atoms with van der Waals surface area (Å²) in [6, 6.07) is 0. The van der Waals surface area contributed by atoms with Crippen molar-refractivity contribution in [2.75, 3.05) is 19.0 Å². The van der Waals surface area contributed by atoms with Crippen LogP contribution in [0, 0.1) is 0 Å². The van der Waals surface area contributed by atoms with E-state index in [9.17, 15) is 15.3 Å². The monoisotopic (exact) mass is 331 g/mol. The molecular weight excluding hydrogens is 318 g/mol. The number of nitrogens with one attached hydrogen (secondary N) is 1. The van der Waals surface area contributed by atoms with Gasteiger partial charge in [0, 0.05) is 7.05 Å². The molecule has 0 aromatic carbocycles. The molecule has 4 atom stereocenters. The van der Waals surface area contributed by atoms with Gasteiger partial charge >= 0.3 is 0 Å². The third-order valence-corrected chi connectivity index (χ3v) is 5.15. The van der Waals surface area contributed by atoms with Gasteiger partial charge in [0.2, 0.25) is 5.28 Å². The van der Waals surface area contributed by atoms with Gasteiger partial charge in [-0.2, -0.15) is 9.97 Å². The van der Waals surface area contributed by atoms with Crippen molar-refractivity contribution in [3.8, 4) is 0 Å². The molecule has 0 saturated carbocycles. The van der Waals surface area contributed by atoms with Crippen molar-refractivity contribution in [2.45, 2.75) is 22.8 Å². The zero-order valence-corrected chi connectivity index (χ0v) is 12.6. The van der Waals surface area contributed by atoms with E-state index in [1.807, 2.05) is 0 Å². The van der Waals surface area contributed by atoms with Crippen LogP contribution < -0.4 is 5.32 Å². The Morgan fingerprint density at radius 3 is 2.76 bits per heavy atom. The number of aliphatic hydroxyl groups is 3. The van der Waals surface area contributed by atoms with E-state index in [4.69, 9.17) is 11.6 Å². The molecule has 0 bridgehead atoms. The average molecular weight is 332 g/mol. The molecule has 4 unspecified atom stereocenters. The van der Waals surface area contributed by atoms with Crippen molar-refractivity contribution in [2.24, 2.45) is 0 Å². The summed E-state index contributed by atoms with van der Waals surface area (Å²) in [4.78, 5) is 12.4. The summed E-state index contributed by atoms with van der Waals surface area (Å²) >= 11 is 7.16. The minimum atomic E-state index is -1.03. The molecule has 2 aromatic rings. The molecular formula is C11H14ClN5O3S. The van der Waals surface area contributed by atoms with Crippen LogP contribution in [0.15, 0.2) is 6.33 Å². The van der Waals surface area contributed by atoms with E-state index in [-0.39, 0.29) is 11.9 Å². The first-order valence-corrected chi connectivity index (χ1v) is 7.59. The van der Waals surface area contributed by atoms with Gasteiger partial charge in [-0.15, -0.1) is 11.8 Å². The molecule has 2 aromatic heterocycles. The summed E-state index contributed by atoms with van der Waals surface area (Å²) in [7, 11) is 1.70. The predicted octanol–water partition coefficient (Wildman–Crippen LogP) is -0.151. The minimum absolute atomic E-state index is 0.0605. The summed E-state index contributed by atoms with van der Waals surface area (Å²) in [5.74, 6) is 0.487. The normalized spacial score (nSPS) is 29.2. The predicted molar refractivity (Wildman–Crippen MR) is 79.4 cm³/mol. The maximum Gasteiger partial charge on any atom is 0.226 e. The lowest BCUT2D eigenvalue weighted by Crippen LogP contribution is -2.32. The van der Waals surface area contributed by atoms with E-state index in [1.165, 1.54) is 18.1 Å². The molecule has 8 nitrogen and oxygen atoms in total. The number of imidazole rings is 1. The van der Waals surface area contributed by atoms with Crippen molar-refractivity contribution < 1.29 is 15.3 Å². The van der Waals surface area contributed by atoms with Gasteiger partial charge in [0.25, 0.3) is 0 Å². The lowest BCUT2D eigenvalue weighted by Gasteiger charge is -2.17. The van der Waals surface area contributed by atoms with E-state index >= 15 is 0 Å². The first-order valence-electron chi connectivity index (χ1n) is 6.27. The molecule has 114 valence electrons. The number of aromatic nitrogens is 4. The highest BCUT2D eigenvalue weighted by Gasteiger charge is 2.43. The summed E-state index contributed by atoms with van der Waals surface area (Å²) in [6.45, 7) is -0.219. The molecule has 3 rings (SSSR count). The molecule has 0 radical (unpaired) electrons. The molecule has 1 saturated heterocycles. The third-order valence-electron chi connectivity index (χ3n) is 3.42. The molecule has 10 heteroatoms. The highest BCUT2D eigenvalue weighted by atomic mass is 35.5. The molecule has 0 aliphatic carbocycles. The number of fused-ring (bicyclic) bond motifs is 1. The number of hydrogen-bond donors (Lipinski definition) is 4. The number of halogens is 1. The molecule has 1 aliphatic rings.